The van der Waals surface area contributed by atoms with E-state index in [2.05, 4.69) is 21.3 Å². The third-order valence-corrected chi connectivity index (χ3v) is 8.53. The summed E-state index contributed by atoms with van der Waals surface area (Å²) in [6.07, 6.45) is 0.624. The van der Waals surface area contributed by atoms with Gasteiger partial charge in [-0.15, -0.1) is 11.8 Å². The fraction of sp³-hybridized carbons (Fsp3) is 0.344. The first-order chi connectivity index (χ1) is 19.7. The molecule has 3 aromatic rings. The molecule has 0 unspecified atom stereocenters. The van der Waals surface area contributed by atoms with Crippen LogP contribution in [0, 0.1) is 0 Å². The Balaban J connectivity index is 1.46. The number of amides is 3. The highest BCUT2D eigenvalue weighted by molar-refractivity contribution is 8.01. The van der Waals surface area contributed by atoms with E-state index in [-0.39, 0.29) is 30.7 Å². The van der Waals surface area contributed by atoms with Crippen molar-refractivity contribution in [1.29, 1.82) is 0 Å². The zero-order valence-electron chi connectivity index (χ0n) is 23.4. The summed E-state index contributed by atoms with van der Waals surface area (Å²) < 4.78 is -0.594. The second kappa shape index (κ2) is 14.3. The molecule has 3 amide bonds. The molecule has 1 aliphatic rings. The SMILES string of the molecule is CC1(C)S[C@H]([C@H](NC(=O)Cc2ccccc2)C(=O)NCc2ccccc2)N[C@H]1C(=O)N[C@@H](CO)Cc1ccccc1. The zero-order valence-corrected chi connectivity index (χ0v) is 24.2. The van der Waals surface area contributed by atoms with Crippen LogP contribution in [0.1, 0.15) is 30.5 Å². The average Bonchev–Trinajstić information content (AvgIpc) is 3.30. The minimum atomic E-state index is -0.921. The molecule has 0 aromatic heterocycles. The monoisotopic (exact) mass is 574 g/mol. The van der Waals surface area contributed by atoms with Crippen molar-refractivity contribution < 1.29 is 19.5 Å². The van der Waals surface area contributed by atoms with Gasteiger partial charge in [0.2, 0.25) is 17.7 Å². The van der Waals surface area contributed by atoms with Gasteiger partial charge in [-0.1, -0.05) is 91.0 Å². The van der Waals surface area contributed by atoms with Crippen molar-refractivity contribution in [1.82, 2.24) is 21.3 Å². The summed E-state index contributed by atoms with van der Waals surface area (Å²) in [5.74, 6) is -0.888. The number of carbonyl (C=O) groups excluding carboxylic acids is 3. The maximum atomic E-state index is 13.5. The Morgan fingerprint density at radius 1 is 0.854 bits per heavy atom. The number of rotatable bonds is 12. The molecule has 1 heterocycles. The van der Waals surface area contributed by atoms with Crippen molar-refractivity contribution in [2.24, 2.45) is 0 Å². The quantitative estimate of drug-likeness (QED) is 0.227. The van der Waals surface area contributed by atoms with Crippen LogP contribution < -0.4 is 21.3 Å². The molecule has 1 saturated heterocycles. The van der Waals surface area contributed by atoms with Gasteiger partial charge in [-0.2, -0.15) is 0 Å². The van der Waals surface area contributed by atoms with Gasteiger partial charge in [0.15, 0.2) is 0 Å². The van der Waals surface area contributed by atoms with Crippen LogP contribution in [0.25, 0.3) is 0 Å². The van der Waals surface area contributed by atoms with Gasteiger partial charge in [-0.25, -0.2) is 0 Å². The van der Waals surface area contributed by atoms with Crippen LogP contribution in [-0.2, 0) is 33.8 Å². The van der Waals surface area contributed by atoms with Gasteiger partial charge in [-0.05, 0) is 37.0 Å². The van der Waals surface area contributed by atoms with Crippen molar-refractivity contribution >= 4 is 29.5 Å². The van der Waals surface area contributed by atoms with Crippen LogP contribution in [0.2, 0.25) is 0 Å². The maximum Gasteiger partial charge on any atom is 0.245 e. The van der Waals surface area contributed by atoms with E-state index >= 15 is 0 Å². The minimum absolute atomic E-state index is 0.131. The van der Waals surface area contributed by atoms with E-state index in [0.717, 1.165) is 16.7 Å². The molecule has 5 N–H and O–H groups in total. The largest absolute Gasteiger partial charge is 0.394 e. The van der Waals surface area contributed by atoms with Crippen LogP contribution in [0.5, 0.6) is 0 Å². The Kier molecular flexibility index (Phi) is 10.6. The van der Waals surface area contributed by atoms with Crippen LogP contribution in [-0.4, -0.2) is 57.7 Å². The second-order valence-electron chi connectivity index (χ2n) is 10.7. The number of hydrogen-bond acceptors (Lipinski definition) is 6. The van der Waals surface area contributed by atoms with Gasteiger partial charge in [0.1, 0.15) is 12.1 Å². The first-order valence-corrected chi connectivity index (χ1v) is 14.7. The standard InChI is InChI=1S/C32H38N4O4S/c1-32(2)28(30(40)34-25(21-37)18-22-12-6-3-7-13-22)36-31(41-32)27(29(39)33-20-24-16-10-5-11-17-24)35-26(38)19-23-14-8-4-9-15-23/h3-17,25,27-28,31,36-37H,18-21H2,1-2H3,(H,33,39)(H,34,40)(H,35,38)/t25-,27-,28+,31-/m1/s1. The summed E-state index contributed by atoms with van der Waals surface area (Å²) in [6.45, 7) is 3.98. The molecule has 0 saturated carbocycles. The lowest BCUT2D eigenvalue weighted by Crippen LogP contribution is -2.58. The van der Waals surface area contributed by atoms with Crippen LogP contribution in [0.15, 0.2) is 91.0 Å². The number of benzene rings is 3. The maximum absolute atomic E-state index is 13.5. The zero-order chi connectivity index (χ0) is 29.2. The molecule has 216 valence electrons. The van der Waals surface area contributed by atoms with Crippen molar-refractivity contribution in [3.05, 3.63) is 108 Å². The smallest absolute Gasteiger partial charge is 0.245 e. The van der Waals surface area contributed by atoms with E-state index < -0.39 is 28.2 Å². The summed E-state index contributed by atoms with van der Waals surface area (Å²) in [4.78, 5) is 40.0. The minimum Gasteiger partial charge on any atom is -0.394 e. The average molecular weight is 575 g/mol. The summed E-state index contributed by atoms with van der Waals surface area (Å²) in [7, 11) is 0. The van der Waals surface area contributed by atoms with Gasteiger partial charge in [0.05, 0.1) is 24.4 Å². The number of aliphatic hydroxyl groups excluding tert-OH is 1. The Hall–Kier alpha value is -3.66. The Morgan fingerprint density at radius 3 is 2.00 bits per heavy atom. The molecule has 41 heavy (non-hydrogen) atoms. The molecular weight excluding hydrogens is 536 g/mol. The highest BCUT2D eigenvalue weighted by atomic mass is 32.2. The molecule has 0 spiro atoms. The summed E-state index contributed by atoms with van der Waals surface area (Å²) in [5, 5.41) is 21.5. The van der Waals surface area contributed by atoms with E-state index in [1.165, 1.54) is 11.8 Å². The number of hydrogen-bond donors (Lipinski definition) is 5. The molecule has 8 nitrogen and oxygen atoms in total. The molecule has 3 aromatic carbocycles. The normalized spacial score (nSPS) is 19.1. The molecular formula is C32H38N4O4S. The first-order valence-electron chi connectivity index (χ1n) is 13.8. The lowest BCUT2D eigenvalue weighted by atomic mass is 10.0. The van der Waals surface area contributed by atoms with Crippen molar-refractivity contribution in [3.8, 4) is 0 Å². The summed E-state index contributed by atoms with van der Waals surface area (Å²) >= 11 is 1.44. The Labute approximate surface area is 245 Å². The Bertz CT molecular complexity index is 1290. The third-order valence-electron chi connectivity index (χ3n) is 7.03. The second-order valence-corrected chi connectivity index (χ2v) is 12.5. The molecule has 0 aliphatic carbocycles. The van der Waals surface area contributed by atoms with Crippen molar-refractivity contribution in [2.75, 3.05) is 6.61 Å². The van der Waals surface area contributed by atoms with Gasteiger partial charge in [-0.3, -0.25) is 19.7 Å². The highest BCUT2D eigenvalue weighted by Crippen LogP contribution is 2.39. The van der Waals surface area contributed by atoms with E-state index in [0.29, 0.717) is 13.0 Å². The lowest BCUT2D eigenvalue weighted by Gasteiger charge is -2.26. The predicted octanol–water partition coefficient (Wildman–Crippen LogP) is 2.56. The van der Waals surface area contributed by atoms with E-state index in [1.807, 2.05) is 105 Å². The van der Waals surface area contributed by atoms with Crippen LogP contribution in [0.3, 0.4) is 0 Å². The van der Waals surface area contributed by atoms with Gasteiger partial charge in [0, 0.05) is 11.3 Å². The van der Waals surface area contributed by atoms with E-state index in [1.54, 1.807) is 0 Å². The molecule has 4 rings (SSSR count). The van der Waals surface area contributed by atoms with Gasteiger partial charge >= 0.3 is 0 Å². The van der Waals surface area contributed by atoms with Gasteiger partial charge in [0.25, 0.3) is 0 Å². The number of aliphatic hydroxyl groups is 1. The summed E-state index contributed by atoms with van der Waals surface area (Å²) in [5.41, 5.74) is 2.79. The summed E-state index contributed by atoms with van der Waals surface area (Å²) in [6, 6.07) is 26.5. The van der Waals surface area contributed by atoms with Crippen molar-refractivity contribution in [3.63, 3.8) is 0 Å². The number of carbonyl (C=O) groups is 3. The van der Waals surface area contributed by atoms with Crippen LogP contribution >= 0.6 is 11.8 Å². The van der Waals surface area contributed by atoms with E-state index in [4.69, 9.17) is 0 Å². The predicted molar refractivity (Wildman–Crippen MR) is 162 cm³/mol. The topological polar surface area (TPSA) is 120 Å². The van der Waals surface area contributed by atoms with Crippen molar-refractivity contribution in [2.45, 2.75) is 61.5 Å². The molecule has 9 heteroatoms. The fourth-order valence-corrected chi connectivity index (χ4v) is 6.37. The number of thioether (sulfide) groups is 1. The first kappa shape index (κ1) is 30.3. The molecule has 1 aliphatic heterocycles. The van der Waals surface area contributed by atoms with E-state index in [9.17, 15) is 19.5 Å². The lowest BCUT2D eigenvalue weighted by molar-refractivity contribution is -0.129. The third kappa shape index (κ3) is 8.66. The fourth-order valence-electron chi connectivity index (χ4n) is 4.87. The number of nitrogens with one attached hydrogen (secondary N) is 4. The molecule has 0 radical (unpaired) electrons. The molecule has 1 fully saturated rings. The highest BCUT2D eigenvalue weighted by Gasteiger charge is 2.49. The van der Waals surface area contributed by atoms with Crippen LogP contribution in [0.4, 0.5) is 0 Å². The van der Waals surface area contributed by atoms with Gasteiger partial charge < -0.3 is 21.1 Å². The molecule has 0 bridgehead atoms. The molecule has 4 atom stereocenters. The Morgan fingerprint density at radius 2 is 1.41 bits per heavy atom.